The number of nitrogens with zero attached hydrogens (tertiary/aromatic N) is 3. The lowest BCUT2D eigenvalue weighted by molar-refractivity contribution is 0.0256. The molecule has 0 spiro atoms. The Balaban J connectivity index is 1.68. The maximum absolute atomic E-state index is 10.1. The summed E-state index contributed by atoms with van der Waals surface area (Å²) < 4.78 is 1.72. The molecule has 1 saturated carbocycles. The van der Waals surface area contributed by atoms with Gasteiger partial charge in [-0.3, -0.25) is 0 Å². The van der Waals surface area contributed by atoms with Crippen LogP contribution in [-0.4, -0.2) is 43.1 Å². The van der Waals surface area contributed by atoms with Crippen LogP contribution in [0.4, 0.5) is 5.82 Å². The number of anilines is 1. The summed E-state index contributed by atoms with van der Waals surface area (Å²) in [6.07, 6.45) is 0.643. The number of hydrogen-bond acceptors (Lipinski definition) is 5. The Kier molecular flexibility index (Phi) is 3.70. The zero-order chi connectivity index (χ0) is 16.7. The van der Waals surface area contributed by atoms with Crippen LogP contribution in [-0.2, 0) is 0 Å². The third-order valence-corrected chi connectivity index (χ3v) is 4.56. The highest BCUT2D eigenvalue weighted by Gasteiger charge is 2.39. The molecular formula is C18H19N4O2. The Morgan fingerprint density at radius 1 is 1.12 bits per heavy atom. The van der Waals surface area contributed by atoms with Gasteiger partial charge in [-0.25, -0.2) is 4.98 Å². The van der Waals surface area contributed by atoms with Crippen molar-refractivity contribution in [3.63, 3.8) is 0 Å². The van der Waals surface area contributed by atoms with E-state index in [1.165, 1.54) is 0 Å². The Morgan fingerprint density at radius 3 is 2.62 bits per heavy atom. The van der Waals surface area contributed by atoms with Crippen LogP contribution in [0.3, 0.4) is 0 Å². The second-order valence-electron chi connectivity index (χ2n) is 6.22. The second kappa shape index (κ2) is 5.89. The SMILES string of the molecule is [CH2][C@@H]1C[C@@H](Nc2ccnc3cc(-c4ccccc4)nn23)[C@H](O)[C@@H]1O. The molecule has 0 amide bonds. The van der Waals surface area contributed by atoms with E-state index in [4.69, 9.17) is 0 Å². The standard InChI is InChI=1S/C18H19N4O2/c1-11-9-14(18(24)17(11)23)20-15-7-8-19-16-10-13(21-22(15)16)12-5-3-2-4-6-12/h2-8,10-11,14,17-18,20,23-24H,1,9H2/t11-,14-,17-,18+/m1/s1. The topological polar surface area (TPSA) is 82.7 Å². The molecular weight excluding hydrogens is 304 g/mol. The van der Waals surface area contributed by atoms with Gasteiger partial charge in [0.05, 0.1) is 17.8 Å². The van der Waals surface area contributed by atoms with Crippen molar-refractivity contribution in [2.45, 2.75) is 24.7 Å². The van der Waals surface area contributed by atoms with Gasteiger partial charge >= 0.3 is 0 Å². The highest BCUT2D eigenvalue weighted by Crippen LogP contribution is 2.29. The molecule has 4 atom stereocenters. The minimum atomic E-state index is -0.847. The third-order valence-electron chi connectivity index (χ3n) is 4.56. The molecule has 2 aromatic heterocycles. The third kappa shape index (κ3) is 2.53. The fourth-order valence-corrected chi connectivity index (χ4v) is 3.21. The summed E-state index contributed by atoms with van der Waals surface area (Å²) in [7, 11) is 0. The van der Waals surface area contributed by atoms with Crippen molar-refractivity contribution < 1.29 is 10.2 Å². The van der Waals surface area contributed by atoms with Crippen LogP contribution in [0.25, 0.3) is 16.9 Å². The average molecular weight is 323 g/mol. The number of hydrogen-bond donors (Lipinski definition) is 3. The van der Waals surface area contributed by atoms with Gasteiger partial charge in [0.2, 0.25) is 0 Å². The van der Waals surface area contributed by atoms with Crippen LogP contribution in [0.15, 0.2) is 48.7 Å². The van der Waals surface area contributed by atoms with E-state index >= 15 is 0 Å². The number of nitrogens with one attached hydrogen (secondary N) is 1. The van der Waals surface area contributed by atoms with E-state index in [1.54, 1.807) is 10.7 Å². The molecule has 1 fully saturated rings. The average Bonchev–Trinajstić information content (AvgIpc) is 3.14. The van der Waals surface area contributed by atoms with Gasteiger partial charge in [-0.15, -0.1) is 0 Å². The van der Waals surface area contributed by atoms with E-state index in [0.29, 0.717) is 6.42 Å². The molecule has 3 N–H and O–H groups in total. The zero-order valence-electron chi connectivity index (χ0n) is 13.1. The highest BCUT2D eigenvalue weighted by molar-refractivity contribution is 5.65. The summed E-state index contributed by atoms with van der Waals surface area (Å²) in [5.74, 6) is 0.542. The van der Waals surface area contributed by atoms with Crippen molar-refractivity contribution in [3.8, 4) is 11.3 Å². The van der Waals surface area contributed by atoms with Gasteiger partial charge in [-0.1, -0.05) is 30.3 Å². The molecule has 4 rings (SSSR count). The normalized spacial score (nSPS) is 26.8. The summed E-state index contributed by atoms with van der Waals surface area (Å²) in [5.41, 5.74) is 2.57. The molecule has 1 aliphatic rings. The van der Waals surface area contributed by atoms with Gasteiger partial charge in [-0.2, -0.15) is 9.61 Å². The van der Waals surface area contributed by atoms with Gasteiger partial charge in [0, 0.05) is 17.8 Å². The summed E-state index contributed by atoms with van der Waals surface area (Å²) in [6.45, 7) is 3.88. The number of aliphatic hydroxyl groups is 2. The summed E-state index contributed by atoms with van der Waals surface area (Å²) in [5, 5.41) is 27.9. The monoisotopic (exact) mass is 323 g/mol. The van der Waals surface area contributed by atoms with Crippen molar-refractivity contribution in [2.24, 2.45) is 5.92 Å². The highest BCUT2D eigenvalue weighted by atomic mass is 16.3. The largest absolute Gasteiger partial charge is 0.390 e. The quantitative estimate of drug-likeness (QED) is 0.684. The van der Waals surface area contributed by atoms with Gasteiger partial charge in [0.15, 0.2) is 5.65 Å². The first-order chi connectivity index (χ1) is 11.6. The van der Waals surface area contributed by atoms with Gasteiger partial charge < -0.3 is 15.5 Å². The molecule has 6 nitrogen and oxygen atoms in total. The first-order valence-electron chi connectivity index (χ1n) is 7.99. The van der Waals surface area contributed by atoms with Gasteiger partial charge in [0.1, 0.15) is 11.9 Å². The zero-order valence-corrected chi connectivity index (χ0v) is 13.1. The lowest BCUT2D eigenvalue weighted by Crippen LogP contribution is -2.35. The maximum Gasteiger partial charge on any atom is 0.157 e. The van der Waals surface area contributed by atoms with Crippen molar-refractivity contribution in [1.29, 1.82) is 0 Å². The molecule has 123 valence electrons. The number of aliphatic hydroxyl groups excluding tert-OH is 2. The summed E-state index contributed by atoms with van der Waals surface area (Å²) >= 11 is 0. The predicted octanol–water partition coefficient (Wildman–Crippen LogP) is 1.75. The molecule has 2 heterocycles. The van der Waals surface area contributed by atoms with Gasteiger partial charge in [0.25, 0.3) is 0 Å². The van der Waals surface area contributed by atoms with Crippen LogP contribution < -0.4 is 5.32 Å². The van der Waals surface area contributed by atoms with E-state index in [1.807, 2.05) is 42.5 Å². The van der Waals surface area contributed by atoms with E-state index in [2.05, 4.69) is 22.3 Å². The molecule has 1 aromatic carbocycles. The van der Waals surface area contributed by atoms with Crippen molar-refractivity contribution >= 4 is 11.5 Å². The molecule has 1 radical (unpaired) electrons. The van der Waals surface area contributed by atoms with E-state index in [-0.39, 0.29) is 12.0 Å². The first kappa shape index (κ1) is 15.1. The smallest absolute Gasteiger partial charge is 0.157 e. The Labute approximate surface area is 139 Å². The first-order valence-corrected chi connectivity index (χ1v) is 7.99. The maximum atomic E-state index is 10.1. The van der Waals surface area contributed by atoms with E-state index in [0.717, 1.165) is 22.7 Å². The van der Waals surface area contributed by atoms with Crippen LogP contribution >= 0.6 is 0 Å². The fourth-order valence-electron chi connectivity index (χ4n) is 3.21. The van der Waals surface area contributed by atoms with Crippen molar-refractivity contribution in [3.05, 3.63) is 55.6 Å². The number of aromatic nitrogens is 3. The summed E-state index contributed by atoms with van der Waals surface area (Å²) in [6, 6.07) is 13.4. The molecule has 6 heteroatoms. The summed E-state index contributed by atoms with van der Waals surface area (Å²) in [4.78, 5) is 4.35. The predicted molar refractivity (Wildman–Crippen MR) is 91.3 cm³/mol. The van der Waals surface area contributed by atoms with Crippen LogP contribution in [0.1, 0.15) is 6.42 Å². The number of benzene rings is 1. The van der Waals surface area contributed by atoms with E-state index < -0.39 is 12.2 Å². The fraction of sp³-hybridized carbons (Fsp3) is 0.278. The van der Waals surface area contributed by atoms with Crippen molar-refractivity contribution in [2.75, 3.05) is 5.32 Å². The molecule has 1 aliphatic carbocycles. The minimum absolute atomic E-state index is 0.188. The Bertz CT molecular complexity index is 849. The van der Waals surface area contributed by atoms with Crippen LogP contribution in [0.5, 0.6) is 0 Å². The molecule has 0 unspecified atom stereocenters. The second-order valence-corrected chi connectivity index (χ2v) is 6.22. The minimum Gasteiger partial charge on any atom is -0.390 e. The van der Waals surface area contributed by atoms with E-state index in [9.17, 15) is 10.2 Å². The number of fused-ring (bicyclic) bond motifs is 1. The van der Waals surface area contributed by atoms with Crippen molar-refractivity contribution in [1.82, 2.24) is 14.6 Å². The number of rotatable bonds is 3. The Morgan fingerprint density at radius 2 is 1.92 bits per heavy atom. The molecule has 24 heavy (non-hydrogen) atoms. The molecule has 0 saturated heterocycles. The van der Waals surface area contributed by atoms with Crippen LogP contribution in [0, 0.1) is 12.8 Å². The lowest BCUT2D eigenvalue weighted by Gasteiger charge is -2.19. The molecule has 3 aromatic rings. The van der Waals surface area contributed by atoms with Crippen LogP contribution in [0.2, 0.25) is 0 Å². The molecule has 0 aliphatic heterocycles. The lowest BCUT2D eigenvalue weighted by atomic mass is 10.1. The molecule has 0 bridgehead atoms. The Hall–Kier alpha value is -2.44. The van der Waals surface area contributed by atoms with Gasteiger partial charge in [-0.05, 0) is 25.3 Å².